The van der Waals surface area contributed by atoms with Gasteiger partial charge in [-0.25, -0.2) is 9.97 Å². The van der Waals surface area contributed by atoms with Crippen LogP contribution in [0.25, 0.3) is 11.0 Å². The van der Waals surface area contributed by atoms with Crippen LogP contribution in [0.2, 0.25) is 5.02 Å². The molecule has 0 fully saturated rings. The molecule has 0 aliphatic rings. The SMILES string of the molecule is Clc1ccc(COc2ncnc3[nH]ccc23)cc1.[K+].[OH-]. The average molecular weight is 316 g/mol. The van der Waals surface area contributed by atoms with E-state index in [9.17, 15) is 0 Å². The monoisotopic (exact) mass is 315 g/mol. The average Bonchev–Trinajstić information content (AvgIpc) is 2.87. The van der Waals surface area contributed by atoms with Crippen molar-refractivity contribution in [2.45, 2.75) is 6.61 Å². The van der Waals surface area contributed by atoms with Crippen LogP contribution in [-0.2, 0) is 6.61 Å². The second kappa shape index (κ2) is 8.09. The maximum atomic E-state index is 5.83. The van der Waals surface area contributed by atoms with Gasteiger partial charge in [-0.2, -0.15) is 0 Å². The molecule has 0 unspecified atom stereocenters. The number of halogens is 1. The van der Waals surface area contributed by atoms with Gasteiger partial charge >= 0.3 is 51.4 Å². The van der Waals surface area contributed by atoms with Gasteiger partial charge in [0.05, 0.1) is 5.39 Å². The molecule has 5 nitrogen and oxygen atoms in total. The third-order valence-corrected chi connectivity index (χ3v) is 2.86. The Balaban J connectivity index is 0.000001000. The first-order valence-corrected chi connectivity index (χ1v) is 5.86. The predicted molar refractivity (Wildman–Crippen MR) is 71.6 cm³/mol. The van der Waals surface area contributed by atoms with Gasteiger partial charge in [0.2, 0.25) is 5.88 Å². The summed E-state index contributed by atoms with van der Waals surface area (Å²) >= 11 is 5.83. The normalized spacial score (nSPS) is 9.65. The number of H-pyrrole nitrogens is 1. The fourth-order valence-corrected chi connectivity index (χ4v) is 1.82. The number of aromatic amines is 1. The van der Waals surface area contributed by atoms with Crippen LogP contribution in [0.3, 0.4) is 0 Å². The van der Waals surface area contributed by atoms with Gasteiger partial charge < -0.3 is 15.2 Å². The Bertz CT molecular complexity index is 673. The van der Waals surface area contributed by atoms with Crippen molar-refractivity contribution in [3.05, 3.63) is 53.4 Å². The minimum absolute atomic E-state index is 0. The summed E-state index contributed by atoms with van der Waals surface area (Å²) in [4.78, 5) is 11.3. The van der Waals surface area contributed by atoms with Crippen molar-refractivity contribution in [1.29, 1.82) is 0 Å². The standard InChI is InChI=1S/C13H10ClN3O.K.H2O/c14-10-3-1-9(2-4-10)7-18-13-11-5-6-15-12(11)16-8-17-13;;/h1-6,8H,7H2,(H,15,16,17);;1H2/q;+1;/p-1. The van der Waals surface area contributed by atoms with Crippen molar-refractivity contribution < 1.29 is 61.6 Å². The molecule has 1 aromatic carbocycles. The van der Waals surface area contributed by atoms with Crippen molar-refractivity contribution in [3.63, 3.8) is 0 Å². The summed E-state index contributed by atoms with van der Waals surface area (Å²) in [5.74, 6) is 0.580. The van der Waals surface area contributed by atoms with E-state index >= 15 is 0 Å². The first-order chi connectivity index (χ1) is 8.83. The van der Waals surface area contributed by atoms with Crippen LogP contribution in [0.1, 0.15) is 5.56 Å². The molecule has 2 aromatic heterocycles. The molecule has 0 radical (unpaired) electrons. The van der Waals surface area contributed by atoms with E-state index in [1.807, 2.05) is 36.5 Å². The molecule has 2 heterocycles. The van der Waals surface area contributed by atoms with Gasteiger partial charge in [0.25, 0.3) is 0 Å². The molecule has 20 heavy (non-hydrogen) atoms. The van der Waals surface area contributed by atoms with E-state index in [1.165, 1.54) is 6.33 Å². The molecule has 0 spiro atoms. The molecular weight excluding hydrogens is 305 g/mol. The maximum Gasteiger partial charge on any atom is 1.00 e. The Hall–Kier alpha value is -0.474. The molecule has 3 aromatic rings. The van der Waals surface area contributed by atoms with Crippen LogP contribution in [-0.4, -0.2) is 20.4 Å². The molecule has 0 atom stereocenters. The van der Waals surface area contributed by atoms with Crippen LogP contribution in [0.15, 0.2) is 42.9 Å². The Labute approximate surface area is 163 Å². The second-order valence-electron chi connectivity index (χ2n) is 3.83. The van der Waals surface area contributed by atoms with Crippen molar-refractivity contribution in [2.24, 2.45) is 0 Å². The molecule has 0 bridgehead atoms. The summed E-state index contributed by atoms with van der Waals surface area (Å²) in [6.45, 7) is 0.453. The van der Waals surface area contributed by atoms with Crippen LogP contribution >= 0.6 is 11.6 Å². The Morgan fingerprint density at radius 3 is 2.60 bits per heavy atom. The van der Waals surface area contributed by atoms with E-state index < -0.39 is 0 Å². The van der Waals surface area contributed by atoms with Gasteiger partial charge in [0, 0.05) is 11.2 Å². The summed E-state index contributed by atoms with van der Waals surface area (Å²) in [6, 6.07) is 9.43. The minimum Gasteiger partial charge on any atom is -0.870 e. The number of nitrogens with one attached hydrogen (secondary N) is 1. The first-order valence-electron chi connectivity index (χ1n) is 5.48. The van der Waals surface area contributed by atoms with E-state index in [-0.39, 0.29) is 56.9 Å². The quantitative estimate of drug-likeness (QED) is 0.691. The third kappa shape index (κ3) is 4.02. The number of hydrogen-bond donors (Lipinski definition) is 1. The maximum absolute atomic E-state index is 5.83. The van der Waals surface area contributed by atoms with Crippen molar-refractivity contribution >= 4 is 22.6 Å². The van der Waals surface area contributed by atoms with E-state index in [0.29, 0.717) is 17.5 Å². The Morgan fingerprint density at radius 2 is 1.85 bits per heavy atom. The summed E-state index contributed by atoms with van der Waals surface area (Å²) in [5, 5.41) is 1.60. The van der Waals surface area contributed by atoms with Gasteiger partial charge in [0.1, 0.15) is 18.6 Å². The largest absolute Gasteiger partial charge is 1.00 e. The van der Waals surface area contributed by atoms with Gasteiger partial charge in [-0.1, -0.05) is 23.7 Å². The number of fused-ring (bicyclic) bond motifs is 1. The van der Waals surface area contributed by atoms with Gasteiger partial charge in [0.15, 0.2) is 0 Å². The molecule has 0 saturated carbocycles. The van der Waals surface area contributed by atoms with E-state index in [2.05, 4.69) is 15.0 Å². The summed E-state index contributed by atoms with van der Waals surface area (Å²) in [6.07, 6.45) is 3.30. The molecule has 0 aliphatic carbocycles. The molecule has 98 valence electrons. The van der Waals surface area contributed by atoms with Crippen molar-refractivity contribution in [1.82, 2.24) is 15.0 Å². The topological polar surface area (TPSA) is 80.8 Å². The number of nitrogens with zero attached hydrogens (tertiary/aromatic N) is 2. The van der Waals surface area contributed by atoms with E-state index in [1.54, 1.807) is 0 Å². The van der Waals surface area contributed by atoms with Gasteiger partial charge in [-0.3, -0.25) is 0 Å². The summed E-state index contributed by atoms with van der Waals surface area (Å²) in [5.41, 5.74) is 1.82. The van der Waals surface area contributed by atoms with E-state index in [4.69, 9.17) is 16.3 Å². The number of ether oxygens (including phenoxy) is 1. The van der Waals surface area contributed by atoms with Crippen molar-refractivity contribution in [2.75, 3.05) is 0 Å². The minimum atomic E-state index is 0. The van der Waals surface area contributed by atoms with Gasteiger partial charge in [-0.05, 0) is 23.8 Å². The van der Waals surface area contributed by atoms with Crippen LogP contribution in [0.5, 0.6) is 5.88 Å². The summed E-state index contributed by atoms with van der Waals surface area (Å²) < 4.78 is 5.69. The molecular formula is C13H11ClKN3O2. The summed E-state index contributed by atoms with van der Waals surface area (Å²) in [7, 11) is 0. The van der Waals surface area contributed by atoms with E-state index in [0.717, 1.165) is 16.6 Å². The number of benzene rings is 1. The number of hydrogen-bond acceptors (Lipinski definition) is 4. The fraction of sp³-hybridized carbons (Fsp3) is 0.0769. The molecule has 3 rings (SSSR count). The zero-order valence-electron chi connectivity index (χ0n) is 10.9. The first kappa shape index (κ1) is 17.6. The second-order valence-corrected chi connectivity index (χ2v) is 4.27. The smallest absolute Gasteiger partial charge is 0.870 e. The Kier molecular flexibility index (Phi) is 7.11. The Morgan fingerprint density at radius 1 is 1.10 bits per heavy atom. The van der Waals surface area contributed by atoms with Crippen LogP contribution in [0, 0.1) is 0 Å². The third-order valence-electron chi connectivity index (χ3n) is 2.61. The predicted octanol–water partition coefficient (Wildman–Crippen LogP) is 0.0175. The number of rotatable bonds is 3. The van der Waals surface area contributed by atoms with Crippen LogP contribution in [0.4, 0.5) is 0 Å². The molecule has 7 heteroatoms. The van der Waals surface area contributed by atoms with Crippen molar-refractivity contribution in [3.8, 4) is 5.88 Å². The molecule has 0 saturated heterocycles. The zero-order valence-corrected chi connectivity index (χ0v) is 14.8. The molecule has 0 aliphatic heterocycles. The molecule has 0 amide bonds. The zero-order chi connectivity index (χ0) is 12.4. The fourth-order valence-electron chi connectivity index (χ4n) is 1.70. The van der Waals surface area contributed by atoms with Gasteiger partial charge in [-0.15, -0.1) is 0 Å². The molecule has 2 N–H and O–H groups in total. The van der Waals surface area contributed by atoms with Crippen LogP contribution < -0.4 is 56.1 Å². The number of aromatic nitrogens is 3.